The summed E-state index contributed by atoms with van der Waals surface area (Å²) >= 11 is 0. The van der Waals surface area contributed by atoms with Crippen molar-refractivity contribution < 1.29 is 14.2 Å². The maximum absolute atomic E-state index is 5.51. The van der Waals surface area contributed by atoms with Gasteiger partial charge in [-0.05, 0) is 35.7 Å². The van der Waals surface area contributed by atoms with Gasteiger partial charge in [-0.3, -0.25) is 0 Å². The van der Waals surface area contributed by atoms with Crippen molar-refractivity contribution in [2.45, 2.75) is 13.5 Å². The third kappa shape index (κ3) is 3.52. The molecule has 0 amide bonds. The van der Waals surface area contributed by atoms with Gasteiger partial charge in [0.2, 0.25) is 5.75 Å². The van der Waals surface area contributed by atoms with E-state index in [2.05, 4.69) is 48.0 Å². The molecule has 26 heavy (non-hydrogen) atoms. The molecule has 0 radical (unpaired) electrons. The van der Waals surface area contributed by atoms with Crippen LogP contribution < -0.4 is 24.0 Å². The molecule has 0 fully saturated rings. The van der Waals surface area contributed by atoms with Gasteiger partial charge < -0.3 is 24.0 Å². The zero-order valence-electron chi connectivity index (χ0n) is 16.3. The van der Waals surface area contributed by atoms with Gasteiger partial charge in [0.25, 0.3) is 0 Å². The van der Waals surface area contributed by atoms with Crippen LogP contribution in [0.15, 0.2) is 36.4 Å². The number of hydrogen-bond acceptors (Lipinski definition) is 5. The van der Waals surface area contributed by atoms with Gasteiger partial charge >= 0.3 is 0 Å². The summed E-state index contributed by atoms with van der Waals surface area (Å²) in [7, 11) is 7.10. The summed E-state index contributed by atoms with van der Waals surface area (Å²) in [4.78, 5) is 4.78. The van der Waals surface area contributed by atoms with Crippen LogP contribution in [-0.2, 0) is 6.54 Å². The summed E-state index contributed by atoms with van der Waals surface area (Å²) in [6.45, 7) is 5.12. The second-order valence-corrected chi connectivity index (χ2v) is 6.89. The number of rotatable bonds is 5. The molecule has 0 spiro atoms. The van der Waals surface area contributed by atoms with Gasteiger partial charge in [-0.2, -0.15) is 0 Å². The third-order valence-electron chi connectivity index (χ3n) is 4.85. The van der Waals surface area contributed by atoms with E-state index >= 15 is 0 Å². The number of benzene rings is 2. The summed E-state index contributed by atoms with van der Waals surface area (Å²) in [6, 6.07) is 12.7. The molecule has 3 rings (SSSR count). The van der Waals surface area contributed by atoms with Gasteiger partial charge in [-0.1, -0.05) is 19.1 Å². The van der Waals surface area contributed by atoms with Gasteiger partial charge in [-0.15, -0.1) is 0 Å². The summed E-state index contributed by atoms with van der Waals surface area (Å²) < 4.78 is 16.5. The van der Waals surface area contributed by atoms with Crippen LogP contribution >= 0.6 is 0 Å². The standard InChI is InChI=1S/C21H28N2O3/c1-15-12-22(2)17-8-6-7-9-18(17)23(13-15)14-16-10-19(24-3)21(26-5)20(11-16)25-4/h6-11,15H,12-14H2,1-5H3/t15-/m1/s1. The smallest absolute Gasteiger partial charge is 0.203 e. The lowest BCUT2D eigenvalue weighted by molar-refractivity contribution is 0.323. The lowest BCUT2D eigenvalue weighted by atomic mass is 10.1. The van der Waals surface area contributed by atoms with Crippen molar-refractivity contribution in [2.75, 3.05) is 51.3 Å². The van der Waals surface area contributed by atoms with Gasteiger partial charge in [0.1, 0.15) is 0 Å². The molecular weight excluding hydrogens is 328 g/mol. The van der Waals surface area contributed by atoms with Crippen molar-refractivity contribution in [3.63, 3.8) is 0 Å². The molecule has 5 heteroatoms. The number of nitrogens with zero attached hydrogens (tertiary/aromatic N) is 2. The third-order valence-corrected chi connectivity index (χ3v) is 4.85. The molecule has 0 saturated carbocycles. The lowest BCUT2D eigenvalue weighted by Gasteiger charge is -2.27. The van der Waals surface area contributed by atoms with E-state index in [1.54, 1.807) is 21.3 Å². The number of anilines is 2. The van der Waals surface area contributed by atoms with Crippen LogP contribution in [0.5, 0.6) is 17.2 Å². The maximum Gasteiger partial charge on any atom is 0.203 e. The highest BCUT2D eigenvalue weighted by atomic mass is 16.5. The Labute approximate surface area is 156 Å². The fourth-order valence-electron chi connectivity index (χ4n) is 3.75. The van der Waals surface area contributed by atoms with E-state index in [-0.39, 0.29) is 0 Å². The van der Waals surface area contributed by atoms with E-state index in [4.69, 9.17) is 14.2 Å². The summed E-state index contributed by atoms with van der Waals surface area (Å²) in [5, 5.41) is 0. The topological polar surface area (TPSA) is 34.2 Å². The molecule has 0 N–H and O–H groups in total. The molecule has 0 bridgehead atoms. The van der Waals surface area contributed by atoms with Crippen LogP contribution in [0.2, 0.25) is 0 Å². The molecule has 1 heterocycles. The monoisotopic (exact) mass is 356 g/mol. The number of hydrogen-bond donors (Lipinski definition) is 0. The average molecular weight is 356 g/mol. The Balaban J connectivity index is 1.98. The molecule has 1 atom stereocenters. The first-order valence-corrected chi connectivity index (χ1v) is 8.91. The summed E-state index contributed by atoms with van der Waals surface area (Å²) in [6.07, 6.45) is 0. The number of para-hydroxylation sites is 2. The van der Waals surface area contributed by atoms with Crippen LogP contribution in [0, 0.1) is 5.92 Å². The van der Waals surface area contributed by atoms with Crippen molar-refractivity contribution in [1.82, 2.24) is 0 Å². The Morgan fingerprint density at radius 1 is 0.923 bits per heavy atom. The summed E-state index contributed by atoms with van der Waals surface area (Å²) in [5.41, 5.74) is 3.66. The first-order valence-electron chi connectivity index (χ1n) is 8.91. The Morgan fingerprint density at radius 3 is 2.12 bits per heavy atom. The minimum Gasteiger partial charge on any atom is -0.493 e. The highest BCUT2D eigenvalue weighted by Crippen LogP contribution is 2.40. The fourth-order valence-corrected chi connectivity index (χ4v) is 3.75. The van der Waals surface area contributed by atoms with Gasteiger partial charge in [0.15, 0.2) is 11.5 Å². The average Bonchev–Trinajstić information content (AvgIpc) is 2.77. The van der Waals surface area contributed by atoms with Crippen molar-refractivity contribution in [2.24, 2.45) is 5.92 Å². The SMILES string of the molecule is COc1cc(CN2C[C@H](C)CN(C)c3ccccc32)cc(OC)c1OC. The molecule has 2 aromatic rings. The molecule has 0 unspecified atom stereocenters. The van der Waals surface area contributed by atoms with Crippen LogP contribution in [-0.4, -0.2) is 41.5 Å². The van der Waals surface area contributed by atoms with E-state index in [1.165, 1.54) is 11.4 Å². The number of methoxy groups -OCH3 is 3. The molecule has 5 nitrogen and oxygen atoms in total. The van der Waals surface area contributed by atoms with Crippen LogP contribution in [0.4, 0.5) is 11.4 Å². The Morgan fingerprint density at radius 2 is 1.54 bits per heavy atom. The highest BCUT2D eigenvalue weighted by Gasteiger charge is 2.23. The molecule has 0 saturated heterocycles. The van der Waals surface area contributed by atoms with Crippen molar-refractivity contribution in [3.8, 4) is 17.2 Å². The van der Waals surface area contributed by atoms with E-state index in [0.717, 1.165) is 25.2 Å². The molecule has 0 aliphatic carbocycles. The highest BCUT2D eigenvalue weighted by molar-refractivity contribution is 5.72. The minimum absolute atomic E-state index is 0.564. The zero-order valence-corrected chi connectivity index (χ0v) is 16.3. The van der Waals surface area contributed by atoms with Crippen molar-refractivity contribution >= 4 is 11.4 Å². The van der Waals surface area contributed by atoms with Gasteiger partial charge in [-0.25, -0.2) is 0 Å². The van der Waals surface area contributed by atoms with Crippen LogP contribution in [0.25, 0.3) is 0 Å². The Hall–Kier alpha value is -2.56. The molecule has 1 aliphatic rings. The Bertz CT molecular complexity index is 738. The molecule has 140 valence electrons. The lowest BCUT2D eigenvalue weighted by Crippen LogP contribution is -2.29. The first-order chi connectivity index (χ1) is 12.6. The van der Waals surface area contributed by atoms with Crippen molar-refractivity contribution in [1.29, 1.82) is 0 Å². The zero-order chi connectivity index (χ0) is 18.7. The molecule has 0 aromatic heterocycles. The summed E-state index contributed by atoms with van der Waals surface area (Å²) in [5.74, 6) is 2.57. The molecule has 1 aliphatic heterocycles. The van der Waals surface area contributed by atoms with Gasteiger partial charge in [0.05, 0.1) is 32.7 Å². The first kappa shape index (κ1) is 18.2. The predicted molar refractivity (Wildman–Crippen MR) is 106 cm³/mol. The minimum atomic E-state index is 0.564. The fraction of sp³-hybridized carbons (Fsp3) is 0.429. The quantitative estimate of drug-likeness (QED) is 0.814. The predicted octanol–water partition coefficient (Wildman–Crippen LogP) is 3.80. The number of fused-ring (bicyclic) bond motifs is 1. The Kier molecular flexibility index (Phi) is 5.45. The van der Waals surface area contributed by atoms with E-state index in [1.807, 2.05) is 12.1 Å². The van der Waals surface area contributed by atoms with E-state index < -0.39 is 0 Å². The maximum atomic E-state index is 5.51. The second-order valence-electron chi connectivity index (χ2n) is 6.89. The van der Waals surface area contributed by atoms with Crippen LogP contribution in [0.1, 0.15) is 12.5 Å². The largest absolute Gasteiger partial charge is 0.493 e. The molecule has 2 aromatic carbocycles. The normalized spacial score (nSPS) is 16.7. The van der Waals surface area contributed by atoms with Crippen LogP contribution in [0.3, 0.4) is 0 Å². The van der Waals surface area contributed by atoms with E-state index in [0.29, 0.717) is 23.2 Å². The number of ether oxygens (including phenoxy) is 3. The van der Waals surface area contributed by atoms with Crippen molar-refractivity contribution in [3.05, 3.63) is 42.0 Å². The molecular formula is C21H28N2O3. The van der Waals surface area contributed by atoms with E-state index in [9.17, 15) is 0 Å². The second kappa shape index (κ2) is 7.77. The van der Waals surface area contributed by atoms with Gasteiger partial charge in [0, 0.05) is 26.7 Å².